The normalized spacial score (nSPS) is 23.4. The number of hydrogen-bond acceptors (Lipinski definition) is 10. The van der Waals surface area contributed by atoms with Crippen molar-refractivity contribution in [3.05, 3.63) is 92.8 Å². The van der Waals surface area contributed by atoms with Crippen LogP contribution >= 0.6 is 11.3 Å². The Hall–Kier alpha value is -4.46. The van der Waals surface area contributed by atoms with Crippen LogP contribution in [0.5, 0.6) is 0 Å². The number of carbonyl (C=O) groups excluding carboxylic acids is 2. The van der Waals surface area contributed by atoms with E-state index < -0.39 is 41.2 Å². The van der Waals surface area contributed by atoms with E-state index in [1.807, 2.05) is 5.38 Å². The molecule has 3 N–H and O–H groups in total. The first-order valence-corrected chi connectivity index (χ1v) is 15.5. The van der Waals surface area contributed by atoms with Gasteiger partial charge in [0.2, 0.25) is 0 Å². The van der Waals surface area contributed by atoms with Gasteiger partial charge in [-0.3, -0.25) is 14.7 Å². The molecule has 234 valence electrons. The van der Waals surface area contributed by atoms with Gasteiger partial charge < -0.3 is 25.2 Å². The van der Waals surface area contributed by atoms with Crippen LogP contribution in [-0.4, -0.2) is 82.2 Å². The zero-order chi connectivity index (χ0) is 31.9. The van der Waals surface area contributed by atoms with Crippen molar-refractivity contribution >= 4 is 40.7 Å². The number of amidine groups is 1. The van der Waals surface area contributed by atoms with Crippen LogP contribution in [0.4, 0.5) is 10.1 Å². The molecule has 6 rings (SSSR count). The van der Waals surface area contributed by atoms with Crippen molar-refractivity contribution in [3.8, 4) is 0 Å². The molecule has 0 aliphatic carbocycles. The number of aliphatic imine (C=N–C) groups is 1. The van der Waals surface area contributed by atoms with Gasteiger partial charge in [0, 0.05) is 55.1 Å². The van der Waals surface area contributed by atoms with Crippen molar-refractivity contribution in [3.63, 3.8) is 0 Å². The van der Waals surface area contributed by atoms with Crippen LogP contribution in [0.3, 0.4) is 0 Å². The largest absolute Gasteiger partial charge is 0.478 e. The molecule has 0 spiro atoms. The minimum atomic E-state index is -1.57. The van der Waals surface area contributed by atoms with E-state index in [0.717, 1.165) is 0 Å². The number of fused-ring (bicyclic) bond motifs is 1. The maximum Gasteiger partial charge on any atom is 0.338 e. The Morgan fingerprint density at radius 2 is 1.98 bits per heavy atom. The number of carboxylic acids is 1. The van der Waals surface area contributed by atoms with Gasteiger partial charge in [-0.15, -0.1) is 11.3 Å². The number of amides is 1. The van der Waals surface area contributed by atoms with Crippen molar-refractivity contribution in [1.29, 1.82) is 0 Å². The number of benzene rings is 2. The smallest absolute Gasteiger partial charge is 0.338 e. The van der Waals surface area contributed by atoms with E-state index in [9.17, 15) is 29.0 Å². The van der Waals surface area contributed by atoms with Crippen molar-refractivity contribution in [2.24, 2.45) is 10.9 Å². The quantitative estimate of drug-likeness (QED) is 0.318. The van der Waals surface area contributed by atoms with Crippen LogP contribution in [0.2, 0.25) is 0 Å². The number of likely N-dealkylation sites (tertiary alicyclic amines) is 1. The van der Waals surface area contributed by atoms with Gasteiger partial charge in [-0.1, -0.05) is 12.1 Å². The van der Waals surface area contributed by atoms with E-state index >= 15 is 0 Å². The second-order valence-corrected chi connectivity index (χ2v) is 12.2. The highest BCUT2D eigenvalue weighted by atomic mass is 32.1. The number of esters is 1. The van der Waals surface area contributed by atoms with Crippen LogP contribution in [0, 0.1) is 18.7 Å². The Morgan fingerprint density at radius 3 is 2.67 bits per heavy atom. The highest BCUT2D eigenvalue weighted by molar-refractivity contribution is 7.11. The molecule has 45 heavy (non-hydrogen) atoms. The number of carboxylic acid groups (broad SMARTS) is 1. The van der Waals surface area contributed by atoms with Crippen LogP contribution in [0.1, 0.15) is 45.9 Å². The molecule has 2 saturated heterocycles. The monoisotopic (exact) mass is 633 g/mol. The maximum atomic E-state index is 14.8. The van der Waals surface area contributed by atoms with Crippen LogP contribution in [-0.2, 0) is 14.3 Å². The first-order valence-electron chi connectivity index (χ1n) is 14.6. The summed E-state index contributed by atoms with van der Waals surface area (Å²) in [5.74, 6) is -2.47. The lowest BCUT2D eigenvalue weighted by Crippen LogP contribution is -2.54. The molecular formula is C32H32FN5O6S. The summed E-state index contributed by atoms with van der Waals surface area (Å²) < 4.78 is 20.2. The first kappa shape index (κ1) is 30.6. The molecule has 3 aliphatic rings. The summed E-state index contributed by atoms with van der Waals surface area (Å²) in [6.07, 6.45) is 1.82. The number of ether oxygens (including phenoxy) is 1. The Morgan fingerprint density at radius 1 is 1.20 bits per heavy atom. The summed E-state index contributed by atoms with van der Waals surface area (Å²) in [4.78, 5) is 51.0. The molecule has 2 aromatic carbocycles. The molecule has 0 saturated carbocycles. The number of aliphatic hydroxyl groups is 1. The highest BCUT2D eigenvalue weighted by Crippen LogP contribution is 2.40. The zero-order valence-corrected chi connectivity index (χ0v) is 25.5. The van der Waals surface area contributed by atoms with Gasteiger partial charge in [-0.05, 0) is 61.7 Å². The molecule has 13 heteroatoms. The van der Waals surface area contributed by atoms with E-state index in [1.54, 1.807) is 44.3 Å². The number of anilines is 1. The average Bonchev–Trinajstić information content (AvgIpc) is 3.65. The fraction of sp³-hybridized carbons (Fsp3) is 0.344. The van der Waals surface area contributed by atoms with Gasteiger partial charge in [-0.2, -0.15) is 0 Å². The van der Waals surface area contributed by atoms with E-state index in [2.05, 4.69) is 15.2 Å². The molecule has 3 aromatic rings. The predicted octanol–water partition coefficient (Wildman–Crippen LogP) is 3.30. The number of thiazole rings is 1. The molecule has 3 aliphatic heterocycles. The molecule has 3 atom stereocenters. The van der Waals surface area contributed by atoms with E-state index in [1.165, 1.54) is 34.4 Å². The average molecular weight is 634 g/mol. The lowest BCUT2D eigenvalue weighted by molar-refractivity contribution is -0.141. The van der Waals surface area contributed by atoms with Crippen molar-refractivity contribution in [2.45, 2.75) is 31.9 Å². The minimum Gasteiger partial charge on any atom is -0.478 e. The number of carbonyl (C=O) groups is 3. The SMILES string of the molecule is CCOC(=O)C1=C(CN2CC[C@]3(O)C(=O)N(c4ccc(C(=O)O)cc4)C[C@@H]3C2)NC(c2nccs2)=N[C@H]1c1cccc(F)c1C. The van der Waals surface area contributed by atoms with Crippen molar-refractivity contribution in [2.75, 3.05) is 37.7 Å². The van der Waals surface area contributed by atoms with E-state index in [-0.39, 0.29) is 37.3 Å². The molecule has 0 bridgehead atoms. The van der Waals surface area contributed by atoms with Crippen molar-refractivity contribution < 1.29 is 33.7 Å². The summed E-state index contributed by atoms with van der Waals surface area (Å²) in [6, 6.07) is 9.84. The number of aromatic nitrogens is 1. The van der Waals surface area contributed by atoms with Gasteiger partial charge in [0.1, 0.15) is 11.9 Å². The van der Waals surface area contributed by atoms with E-state index in [0.29, 0.717) is 46.4 Å². The van der Waals surface area contributed by atoms with Crippen LogP contribution < -0.4 is 10.2 Å². The van der Waals surface area contributed by atoms with Gasteiger partial charge in [0.05, 0.1) is 17.7 Å². The molecule has 1 amide bonds. The number of nitrogens with one attached hydrogen (secondary N) is 1. The zero-order valence-electron chi connectivity index (χ0n) is 24.7. The molecular weight excluding hydrogens is 601 g/mol. The second kappa shape index (κ2) is 12.1. The number of piperidine rings is 1. The van der Waals surface area contributed by atoms with Gasteiger partial charge >= 0.3 is 11.9 Å². The Labute approximate surface area is 262 Å². The fourth-order valence-corrected chi connectivity index (χ4v) is 6.84. The topological polar surface area (TPSA) is 145 Å². The molecule has 0 unspecified atom stereocenters. The predicted molar refractivity (Wildman–Crippen MR) is 165 cm³/mol. The van der Waals surface area contributed by atoms with Crippen LogP contribution in [0.15, 0.2) is 70.3 Å². The lowest BCUT2D eigenvalue weighted by atomic mass is 9.83. The third kappa shape index (κ3) is 5.62. The van der Waals surface area contributed by atoms with Crippen molar-refractivity contribution in [1.82, 2.24) is 15.2 Å². The molecule has 11 nitrogen and oxygen atoms in total. The minimum absolute atomic E-state index is 0.103. The standard InChI is InChI=1S/C32H32FN5O6S/c1-3-44-30(41)25-24(35-27(28-34-12-14-45-28)36-26(25)22-5-4-6-23(33)18(22)2)17-37-13-11-32(43)20(15-37)16-38(31(32)42)21-9-7-19(8-10-21)29(39)40/h4-10,12,14,20,26,43H,3,11,13,15-17H2,1-2H3,(H,35,36)(H,39,40)/t20-,26-,32+/m0/s1. The fourth-order valence-electron chi connectivity index (χ4n) is 6.25. The molecule has 1 aromatic heterocycles. The van der Waals surface area contributed by atoms with Gasteiger partial charge in [0.15, 0.2) is 16.4 Å². The van der Waals surface area contributed by atoms with Gasteiger partial charge in [0.25, 0.3) is 5.91 Å². The second-order valence-electron chi connectivity index (χ2n) is 11.3. The summed E-state index contributed by atoms with van der Waals surface area (Å²) >= 11 is 1.38. The van der Waals surface area contributed by atoms with Crippen LogP contribution in [0.25, 0.3) is 0 Å². The maximum absolute atomic E-state index is 14.8. The molecule has 0 radical (unpaired) electrons. The number of hydrogen-bond donors (Lipinski definition) is 3. The Balaban J connectivity index is 1.32. The number of aromatic carboxylic acids is 1. The first-order chi connectivity index (χ1) is 21.6. The number of halogens is 1. The molecule has 4 heterocycles. The van der Waals surface area contributed by atoms with E-state index in [4.69, 9.17) is 9.73 Å². The number of nitrogens with zero attached hydrogens (tertiary/aromatic N) is 4. The summed E-state index contributed by atoms with van der Waals surface area (Å²) in [6.45, 7) is 4.70. The summed E-state index contributed by atoms with van der Waals surface area (Å²) in [7, 11) is 0. The number of rotatable bonds is 8. The third-order valence-corrected chi connectivity index (χ3v) is 9.43. The summed E-state index contributed by atoms with van der Waals surface area (Å²) in [5.41, 5.74) is 0.730. The third-order valence-electron chi connectivity index (χ3n) is 8.65. The Bertz CT molecular complexity index is 1710. The van der Waals surface area contributed by atoms with Gasteiger partial charge in [-0.25, -0.2) is 19.0 Å². The molecule has 2 fully saturated rings. The lowest BCUT2D eigenvalue weighted by Gasteiger charge is -2.39. The Kier molecular flexibility index (Phi) is 8.25. The highest BCUT2D eigenvalue weighted by Gasteiger charge is 2.55. The summed E-state index contributed by atoms with van der Waals surface area (Å²) in [5, 5.41) is 26.5.